The summed E-state index contributed by atoms with van der Waals surface area (Å²) in [7, 11) is 1.84. The first-order valence-corrected chi connectivity index (χ1v) is 9.41. The topological polar surface area (TPSA) is 60.9 Å². The fourth-order valence-electron chi connectivity index (χ4n) is 2.90. The van der Waals surface area contributed by atoms with E-state index in [1.165, 1.54) is 11.8 Å². The van der Waals surface area contributed by atoms with Crippen molar-refractivity contribution in [2.24, 2.45) is 0 Å². The Morgan fingerprint density at radius 1 is 1.33 bits per heavy atom. The zero-order valence-electron chi connectivity index (χ0n) is 13.8. The molecule has 1 atom stereocenters. The Bertz CT molecular complexity index is 585. The fourth-order valence-corrected chi connectivity index (χ4v) is 4.05. The molecule has 1 aromatic rings. The second-order valence-corrected chi connectivity index (χ2v) is 7.42. The zero-order valence-corrected chi connectivity index (χ0v) is 15.4. The lowest BCUT2D eigenvalue weighted by molar-refractivity contribution is -0.138. The summed E-state index contributed by atoms with van der Waals surface area (Å²) in [5.74, 6) is -0.327. The molecule has 132 valence electrons. The maximum Gasteiger partial charge on any atom is 0.317 e. The molecule has 0 saturated carbocycles. The van der Waals surface area contributed by atoms with E-state index in [1.807, 2.05) is 41.1 Å². The highest BCUT2D eigenvalue weighted by atomic mass is 35.5. The lowest BCUT2D eigenvalue weighted by atomic mass is 10.1. The van der Waals surface area contributed by atoms with Crippen molar-refractivity contribution < 1.29 is 14.7 Å². The van der Waals surface area contributed by atoms with Crippen molar-refractivity contribution in [1.82, 2.24) is 9.80 Å². The van der Waals surface area contributed by atoms with Crippen LogP contribution in [-0.4, -0.2) is 65.3 Å². The second-order valence-electron chi connectivity index (χ2n) is 5.99. The van der Waals surface area contributed by atoms with Crippen LogP contribution in [0.4, 0.5) is 0 Å². The SMILES string of the molecule is CN(CC(=O)O)C1CCCN(C(=O)CSc2ccccc2Cl)CC1. The Balaban J connectivity index is 1.83. The third-order valence-corrected chi connectivity index (χ3v) is 5.75. The number of carbonyl (C=O) groups excluding carboxylic acids is 1. The Labute approximate surface area is 152 Å². The molecule has 24 heavy (non-hydrogen) atoms. The molecular weight excluding hydrogens is 348 g/mol. The lowest BCUT2D eigenvalue weighted by Crippen LogP contribution is -2.37. The number of rotatable bonds is 6. The van der Waals surface area contributed by atoms with E-state index in [0.717, 1.165) is 30.7 Å². The molecule has 1 saturated heterocycles. The van der Waals surface area contributed by atoms with Gasteiger partial charge in [0.05, 0.1) is 17.3 Å². The number of carboxylic acid groups (broad SMARTS) is 1. The van der Waals surface area contributed by atoms with Gasteiger partial charge in [0.25, 0.3) is 0 Å². The molecule has 0 aromatic heterocycles. The van der Waals surface area contributed by atoms with Crippen LogP contribution in [0.1, 0.15) is 19.3 Å². The van der Waals surface area contributed by atoms with Crippen LogP contribution in [0, 0.1) is 0 Å². The summed E-state index contributed by atoms with van der Waals surface area (Å²) >= 11 is 7.58. The highest BCUT2D eigenvalue weighted by Gasteiger charge is 2.24. The van der Waals surface area contributed by atoms with Crippen LogP contribution < -0.4 is 0 Å². The standard InChI is InChI=1S/C17H23ClN2O3S/c1-19(11-17(22)23)13-5-4-9-20(10-8-13)16(21)12-24-15-7-3-2-6-14(15)18/h2-3,6-7,13H,4-5,8-12H2,1H3,(H,22,23). The molecule has 1 aliphatic rings. The number of halogens is 1. The number of likely N-dealkylation sites (N-methyl/N-ethyl adjacent to an activating group) is 1. The van der Waals surface area contributed by atoms with Crippen LogP contribution in [0.5, 0.6) is 0 Å². The van der Waals surface area contributed by atoms with Crippen LogP contribution in [0.2, 0.25) is 5.02 Å². The van der Waals surface area contributed by atoms with Crippen molar-refractivity contribution in [3.8, 4) is 0 Å². The number of nitrogens with zero attached hydrogens (tertiary/aromatic N) is 2. The normalized spacial score (nSPS) is 18.5. The molecule has 2 rings (SSSR count). The molecule has 7 heteroatoms. The Kier molecular flexibility index (Phi) is 7.40. The number of benzene rings is 1. The number of hydrogen-bond donors (Lipinski definition) is 1. The van der Waals surface area contributed by atoms with Crippen molar-refractivity contribution in [2.75, 3.05) is 32.4 Å². The summed E-state index contributed by atoms with van der Waals surface area (Å²) in [5.41, 5.74) is 0. The molecule has 0 spiro atoms. The highest BCUT2D eigenvalue weighted by Crippen LogP contribution is 2.27. The van der Waals surface area contributed by atoms with Gasteiger partial charge < -0.3 is 10.0 Å². The quantitative estimate of drug-likeness (QED) is 0.780. The summed E-state index contributed by atoms with van der Waals surface area (Å²) in [4.78, 5) is 28.0. The highest BCUT2D eigenvalue weighted by molar-refractivity contribution is 8.00. The monoisotopic (exact) mass is 370 g/mol. The number of amides is 1. The van der Waals surface area contributed by atoms with Crippen molar-refractivity contribution in [3.63, 3.8) is 0 Å². The molecule has 0 aliphatic carbocycles. The number of carboxylic acids is 1. The van der Waals surface area contributed by atoms with Crippen LogP contribution in [0.25, 0.3) is 0 Å². The summed E-state index contributed by atoms with van der Waals surface area (Å²) in [6.07, 6.45) is 2.63. The summed E-state index contributed by atoms with van der Waals surface area (Å²) in [6.45, 7) is 1.46. The summed E-state index contributed by atoms with van der Waals surface area (Å²) < 4.78 is 0. The van der Waals surface area contributed by atoms with Crippen molar-refractivity contribution in [1.29, 1.82) is 0 Å². The van der Waals surface area contributed by atoms with E-state index in [-0.39, 0.29) is 18.5 Å². The van der Waals surface area contributed by atoms with Crippen LogP contribution in [-0.2, 0) is 9.59 Å². The molecule has 1 N–H and O–H groups in total. The van der Waals surface area contributed by atoms with Crippen LogP contribution in [0.3, 0.4) is 0 Å². The van der Waals surface area contributed by atoms with Gasteiger partial charge in [-0.25, -0.2) is 0 Å². The number of hydrogen-bond acceptors (Lipinski definition) is 4. The van der Waals surface area contributed by atoms with Crippen molar-refractivity contribution >= 4 is 35.2 Å². The predicted molar refractivity (Wildman–Crippen MR) is 96.7 cm³/mol. The zero-order chi connectivity index (χ0) is 17.5. The third kappa shape index (κ3) is 5.69. The lowest BCUT2D eigenvalue weighted by Gasteiger charge is -2.25. The maximum atomic E-state index is 12.4. The first-order chi connectivity index (χ1) is 11.5. The van der Waals surface area contributed by atoms with E-state index < -0.39 is 5.97 Å². The van der Waals surface area contributed by atoms with E-state index in [0.29, 0.717) is 17.3 Å². The third-order valence-electron chi connectivity index (χ3n) is 4.25. The molecule has 1 unspecified atom stereocenters. The molecule has 1 aliphatic heterocycles. The molecular formula is C17H23ClN2O3S. The van der Waals surface area contributed by atoms with Gasteiger partial charge in [-0.05, 0) is 38.4 Å². The van der Waals surface area contributed by atoms with Gasteiger partial charge >= 0.3 is 5.97 Å². The number of aliphatic carboxylic acids is 1. The minimum atomic E-state index is -0.814. The average molecular weight is 371 g/mol. The van der Waals surface area contributed by atoms with Gasteiger partial charge in [-0.3, -0.25) is 14.5 Å². The maximum absolute atomic E-state index is 12.4. The first kappa shape index (κ1) is 19.1. The first-order valence-electron chi connectivity index (χ1n) is 8.04. The summed E-state index contributed by atoms with van der Waals surface area (Å²) in [6, 6.07) is 7.74. The second kappa shape index (κ2) is 9.30. The number of likely N-dealkylation sites (tertiary alicyclic amines) is 1. The smallest absolute Gasteiger partial charge is 0.317 e. The van der Waals surface area contributed by atoms with Gasteiger partial charge in [-0.15, -0.1) is 11.8 Å². The van der Waals surface area contributed by atoms with E-state index in [1.54, 1.807) is 0 Å². The minimum absolute atomic E-state index is 0.0426. The van der Waals surface area contributed by atoms with E-state index in [9.17, 15) is 9.59 Å². The Morgan fingerprint density at radius 2 is 2.08 bits per heavy atom. The van der Waals surface area contributed by atoms with Gasteiger partial charge in [0, 0.05) is 24.0 Å². The molecule has 1 amide bonds. The van der Waals surface area contributed by atoms with Gasteiger partial charge in [0.2, 0.25) is 5.91 Å². The Morgan fingerprint density at radius 3 is 2.79 bits per heavy atom. The van der Waals surface area contributed by atoms with E-state index in [2.05, 4.69) is 0 Å². The molecule has 0 radical (unpaired) electrons. The van der Waals surface area contributed by atoms with Gasteiger partial charge in [0.15, 0.2) is 0 Å². The Hall–Kier alpha value is -1.24. The molecule has 0 bridgehead atoms. The van der Waals surface area contributed by atoms with Crippen LogP contribution in [0.15, 0.2) is 29.2 Å². The summed E-state index contributed by atoms with van der Waals surface area (Å²) in [5, 5.41) is 9.57. The van der Waals surface area contributed by atoms with Crippen LogP contribution >= 0.6 is 23.4 Å². The molecule has 5 nitrogen and oxygen atoms in total. The average Bonchev–Trinajstić information content (AvgIpc) is 2.79. The molecule has 1 fully saturated rings. The fraction of sp³-hybridized carbons (Fsp3) is 0.529. The van der Waals surface area contributed by atoms with Gasteiger partial charge in [0.1, 0.15) is 0 Å². The molecule has 1 aromatic carbocycles. The predicted octanol–water partition coefficient (Wildman–Crippen LogP) is 2.83. The number of thioether (sulfide) groups is 1. The minimum Gasteiger partial charge on any atom is -0.480 e. The van der Waals surface area contributed by atoms with Gasteiger partial charge in [-0.2, -0.15) is 0 Å². The van der Waals surface area contributed by atoms with E-state index in [4.69, 9.17) is 16.7 Å². The molecule has 1 heterocycles. The van der Waals surface area contributed by atoms with Crippen molar-refractivity contribution in [3.05, 3.63) is 29.3 Å². The van der Waals surface area contributed by atoms with E-state index >= 15 is 0 Å². The van der Waals surface area contributed by atoms with Gasteiger partial charge in [-0.1, -0.05) is 23.7 Å². The van der Waals surface area contributed by atoms with Crippen molar-refractivity contribution in [2.45, 2.75) is 30.2 Å². The largest absolute Gasteiger partial charge is 0.480 e. The number of carbonyl (C=O) groups is 2.